The van der Waals surface area contributed by atoms with Crippen LogP contribution in [-0.4, -0.2) is 35.2 Å². The molecule has 0 unspecified atom stereocenters. The van der Waals surface area contributed by atoms with Crippen molar-refractivity contribution < 1.29 is 19.4 Å². The molecule has 0 spiro atoms. The summed E-state index contributed by atoms with van der Waals surface area (Å²) >= 11 is 1.53. The summed E-state index contributed by atoms with van der Waals surface area (Å²) in [6.07, 6.45) is 1.50. The summed E-state index contributed by atoms with van der Waals surface area (Å²) in [5.41, 5.74) is 2.12. The Morgan fingerprint density at radius 1 is 1.07 bits per heavy atom. The normalized spacial score (nSPS) is 12.3. The molecule has 0 heterocycles. The van der Waals surface area contributed by atoms with Gasteiger partial charge in [0, 0.05) is 0 Å². The Morgan fingerprint density at radius 3 is 2.22 bits per heavy atom. The van der Waals surface area contributed by atoms with Crippen LogP contribution in [0.5, 0.6) is 0 Å². The van der Waals surface area contributed by atoms with Crippen molar-refractivity contribution in [3.63, 3.8) is 0 Å². The van der Waals surface area contributed by atoms with E-state index in [4.69, 9.17) is 4.74 Å². The molecule has 1 amide bonds. The Bertz CT molecular complexity index is 760. The molecule has 0 bridgehead atoms. The molecule has 27 heavy (non-hydrogen) atoms. The molecule has 0 saturated carbocycles. The van der Waals surface area contributed by atoms with Crippen molar-refractivity contribution in [1.82, 2.24) is 5.32 Å². The van der Waals surface area contributed by atoms with Gasteiger partial charge in [0.05, 0.1) is 0 Å². The van der Waals surface area contributed by atoms with Crippen molar-refractivity contribution >= 4 is 23.8 Å². The van der Waals surface area contributed by atoms with Crippen LogP contribution in [0.4, 0.5) is 4.79 Å². The lowest BCUT2D eigenvalue weighted by Gasteiger charge is -2.27. The molecule has 2 aromatic rings. The second-order valence-electron chi connectivity index (χ2n) is 6.66. The quantitative estimate of drug-likeness (QED) is 0.696. The first-order valence-electron chi connectivity index (χ1n) is 8.70. The highest BCUT2D eigenvalue weighted by atomic mass is 32.2. The van der Waals surface area contributed by atoms with E-state index in [1.54, 1.807) is 13.8 Å². The van der Waals surface area contributed by atoms with Gasteiger partial charge < -0.3 is 15.2 Å². The number of ether oxygens (including phenoxy) is 1. The summed E-state index contributed by atoms with van der Waals surface area (Å²) in [5.74, 6) is -0.423. The van der Waals surface area contributed by atoms with Crippen LogP contribution >= 0.6 is 11.8 Å². The van der Waals surface area contributed by atoms with Crippen LogP contribution in [0.15, 0.2) is 54.6 Å². The van der Waals surface area contributed by atoms with Gasteiger partial charge in [-0.05, 0) is 49.0 Å². The first kappa shape index (κ1) is 20.8. The van der Waals surface area contributed by atoms with Gasteiger partial charge >= 0.3 is 12.1 Å². The average Bonchev–Trinajstić information content (AvgIpc) is 2.65. The van der Waals surface area contributed by atoms with Gasteiger partial charge in [0.1, 0.15) is 11.6 Å². The van der Waals surface area contributed by atoms with E-state index >= 15 is 0 Å². The number of amides is 1. The van der Waals surface area contributed by atoms with Gasteiger partial charge in [0.25, 0.3) is 0 Å². The van der Waals surface area contributed by atoms with Crippen molar-refractivity contribution in [2.24, 2.45) is 0 Å². The summed E-state index contributed by atoms with van der Waals surface area (Å²) in [5, 5.41) is 11.7. The number of nitrogens with one attached hydrogen (secondary N) is 1. The lowest BCUT2D eigenvalue weighted by Crippen LogP contribution is -2.43. The van der Waals surface area contributed by atoms with E-state index in [2.05, 4.69) is 5.32 Å². The fourth-order valence-electron chi connectivity index (χ4n) is 2.65. The van der Waals surface area contributed by atoms with Gasteiger partial charge in [-0.2, -0.15) is 11.8 Å². The summed E-state index contributed by atoms with van der Waals surface area (Å²) in [4.78, 5) is 23.5. The summed E-state index contributed by atoms with van der Waals surface area (Å²) in [7, 11) is 0. The van der Waals surface area contributed by atoms with Gasteiger partial charge in [-0.25, -0.2) is 9.59 Å². The van der Waals surface area contributed by atoms with E-state index < -0.39 is 23.7 Å². The first-order chi connectivity index (χ1) is 12.8. The summed E-state index contributed by atoms with van der Waals surface area (Å²) in [6, 6.07) is 16.8. The predicted molar refractivity (Wildman–Crippen MR) is 109 cm³/mol. The van der Waals surface area contributed by atoms with Crippen LogP contribution in [0.1, 0.15) is 25.8 Å². The summed E-state index contributed by atoms with van der Waals surface area (Å²) in [6.45, 7) is 3.56. The minimum absolute atomic E-state index is 0.345. The highest BCUT2D eigenvalue weighted by molar-refractivity contribution is 7.98. The largest absolute Gasteiger partial charge is 0.480 e. The molecule has 144 valence electrons. The minimum atomic E-state index is -1.06. The highest BCUT2D eigenvalue weighted by Crippen LogP contribution is 2.28. The number of aliphatic carboxylic acids is 1. The van der Waals surface area contributed by atoms with E-state index in [1.807, 2.05) is 60.9 Å². The smallest absolute Gasteiger partial charge is 0.408 e. The zero-order chi connectivity index (χ0) is 19.9. The third-order valence-electron chi connectivity index (χ3n) is 4.24. The topological polar surface area (TPSA) is 75.6 Å². The van der Waals surface area contributed by atoms with Gasteiger partial charge in [0.15, 0.2) is 0 Å². The van der Waals surface area contributed by atoms with Crippen LogP contribution in [-0.2, 0) is 15.1 Å². The Labute approximate surface area is 164 Å². The Kier molecular flexibility index (Phi) is 7.30. The zero-order valence-electron chi connectivity index (χ0n) is 15.8. The van der Waals surface area contributed by atoms with Crippen molar-refractivity contribution in [2.45, 2.75) is 31.9 Å². The molecule has 6 heteroatoms. The minimum Gasteiger partial charge on any atom is -0.480 e. The van der Waals surface area contributed by atoms with E-state index in [0.29, 0.717) is 12.2 Å². The number of rotatable bonds is 8. The van der Waals surface area contributed by atoms with Crippen LogP contribution < -0.4 is 5.32 Å². The lowest BCUT2D eigenvalue weighted by molar-refractivity contribution is -0.139. The molecule has 2 N–H and O–H groups in total. The number of benzene rings is 2. The maximum Gasteiger partial charge on any atom is 0.408 e. The predicted octanol–water partition coefficient (Wildman–Crippen LogP) is 4.52. The fraction of sp³-hybridized carbons (Fsp3) is 0.333. The maximum atomic E-state index is 12.2. The Morgan fingerprint density at radius 2 is 1.67 bits per heavy atom. The van der Waals surface area contributed by atoms with Crippen molar-refractivity contribution in [2.75, 3.05) is 12.0 Å². The van der Waals surface area contributed by atoms with Crippen molar-refractivity contribution in [1.29, 1.82) is 0 Å². The van der Waals surface area contributed by atoms with Gasteiger partial charge in [-0.3, -0.25) is 0 Å². The number of hydrogen-bond donors (Lipinski definition) is 2. The zero-order valence-corrected chi connectivity index (χ0v) is 16.6. The van der Waals surface area contributed by atoms with Crippen LogP contribution in [0.25, 0.3) is 11.1 Å². The van der Waals surface area contributed by atoms with Crippen molar-refractivity contribution in [3.05, 3.63) is 60.2 Å². The molecule has 0 aliphatic rings. The maximum absolute atomic E-state index is 12.2. The monoisotopic (exact) mass is 387 g/mol. The van der Waals surface area contributed by atoms with Gasteiger partial charge in [0.2, 0.25) is 0 Å². The Hall–Kier alpha value is -2.47. The molecule has 2 aromatic carbocycles. The van der Waals surface area contributed by atoms with E-state index in [1.165, 1.54) is 11.8 Å². The second kappa shape index (κ2) is 9.46. The molecule has 0 aliphatic heterocycles. The molecular weight excluding hydrogens is 362 g/mol. The van der Waals surface area contributed by atoms with E-state index in [-0.39, 0.29) is 0 Å². The lowest BCUT2D eigenvalue weighted by atomic mass is 9.95. The van der Waals surface area contributed by atoms with Gasteiger partial charge in [-0.1, -0.05) is 54.6 Å². The molecule has 5 nitrogen and oxygen atoms in total. The molecule has 0 radical (unpaired) electrons. The third kappa shape index (κ3) is 6.03. The molecule has 1 atom stereocenters. The second-order valence-corrected chi connectivity index (χ2v) is 7.65. The molecule has 2 rings (SSSR count). The third-order valence-corrected chi connectivity index (χ3v) is 4.88. The number of carboxylic acid groups (broad SMARTS) is 1. The SMILES string of the molecule is CSCC[C@H](NC(=O)OC(C)(C)c1ccc(-c2ccccc2)cc1)C(=O)O. The first-order valence-corrected chi connectivity index (χ1v) is 10.1. The molecule has 0 fully saturated rings. The molecule has 0 aromatic heterocycles. The van der Waals surface area contributed by atoms with Crippen LogP contribution in [0.3, 0.4) is 0 Å². The van der Waals surface area contributed by atoms with E-state index in [0.717, 1.165) is 16.7 Å². The number of carbonyl (C=O) groups is 2. The number of hydrogen-bond acceptors (Lipinski definition) is 4. The number of thioether (sulfide) groups is 1. The Balaban J connectivity index is 2.04. The highest BCUT2D eigenvalue weighted by Gasteiger charge is 2.28. The molecular formula is C21H25NO4S. The van der Waals surface area contributed by atoms with Crippen LogP contribution in [0.2, 0.25) is 0 Å². The van der Waals surface area contributed by atoms with Crippen LogP contribution in [0, 0.1) is 0 Å². The fourth-order valence-corrected chi connectivity index (χ4v) is 3.12. The number of alkyl carbamates (subject to hydrolysis) is 1. The van der Waals surface area contributed by atoms with E-state index in [9.17, 15) is 14.7 Å². The number of carbonyl (C=O) groups excluding carboxylic acids is 1. The van der Waals surface area contributed by atoms with Crippen molar-refractivity contribution in [3.8, 4) is 11.1 Å². The molecule has 0 saturated heterocycles. The average molecular weight is 388 g/mol. The number of carboxylic acids is 1. The summed E-state index contributed by atoms with van der Waals surface area (Å²) < 4.78 is 5.51. The standard InChI is InChI=1S/C21H25NO4S/c1-21(2,26-20(25)22-18(19(23)24)13-14-27-3)17-11-9-16(10-12-17)15-7-5-4-6-8-15/h4-12,18H,13-14H2,1-3H3,(H,22,25)(H,23,24)/t18-/m0/s1. The molecule has 0 aliphatic carbocycles. The van der Waals surface area contributed by atoms with Gasteiger partial charge in [-0.15, -0.1) is 0 Å².